The van der Waals surface area contributed by atoms with Gasteiger partial charge in [-0.2, -0.15) is 0 Å². The van der Waals surface area contributed by atoms with Crippen molar-refractivity contribution in [2.24, 2.45) is 0 Å². The van der Waals surface area contributed by atoms with Crippen molar-refractivity contribution in [1.29, 1.82) is 0 Å². The van der Waals surface area contributed by atoms with E-state index in [9.17, 15) is 14.4 Å². The maximum Gasteiger partial charge on any atom is 0.254 e. The molecule has 0 aromatic heterocycles. The summed E-state index contributed by atoms with van der Waals surface area (Å²) in [5, 5.41) is 5.36. The number of nitrogens with one attached hydrogen (secondary N) is 2. The number of nitrogens with zero attached hydrogens (tertiary/aromatic N) is 1. The van der Waals surface area contributed by atoms with Gasteiger partial charge in [-0.05, 0) is 49.2 Å². The molecule has 0 aliphatic heterocycles. The molecule has 0 heterocycles. The molecule has 3 amide bonds. The van der Waals surface area contributed by atoms with Gasteiger partial charge in [-0.15, -0.1) is 0 Å². The smallest absolute Gasteiger partial charge is 0.254 e. The van der Waals surface area contributed by atoms with Gasteiger partial charge in [-0.25, -0.2) is 0 Å². The number of hydrogen-bond donors (Lipinski definition) is 2. The fraction of sp³-hybridized carbons (Fsp3) is 0.375. The van der Waals surface area contributed by atoms with Crippen LogP contribution >= 0.6 is 0 Å². The van der Waals surface area contributed by atoms with E-state index in [1.54, 1.807) is 48.4 Å². The average Bonchev–Trinajstić information content (AvgIpc) is 2.82. The summed E-state index contributed by atoms with van der Waals surface area (Å²) in [4.78, 5) is 39.5. The van der Waals surface area contributed by atoms with Crippen LogP contribution in [0.3, 0.4) is 0 Å². The molecule has 0 saturated heterocycles. The Bertz CT molecular complexity index is 877. The molecule has 164 valence electrons. The Kier molecular flexibility index (Phi) is 8.04. The molecule has 0 atom stereocenters. The summed E-state index contributed by atoms with van der Waals surface area (Å²) >= 11 is 0. The van der Waals surface area contributed by atoms with Gasteiger partial charge in [0.2, 0.25) is 11.8 Å². The van der Waals surface area contributed by atoms with Gasteiger partial charge in [-0.1, -0.05) is 37.5 Å². The Morgan fingerprint density at radius 2 is 1.61 bits per heavy atom. The maximum absolute atomic E-state index is 13.1. The molecule has 1 aliphatic carbocycles. The van der Waals surface area contributed by atoms with Crippen LogP contribution in [0, 0.1) is 0 Å². The first-order chi connectivity index (χ1) is 15.1. The van der Waals surface area contributed by atoms with Gasteiger partial charge in [-0.3, -0.25) is 14.4 Å². The van der Waals surface area contributed by atoms with Gasteiger partial charge < -0.3 is 20.3 Å². The van der Waals surface area contributed by atoms with Gasteiger partial charge in [0, 0.05) is 17.3 Å². The first kappa shape index (κ1) is 22.3. The van der Waals surface area contributed by atoms with E-state index >= 15 is 0 Å². The van der Waals surface area contributed by atoms with Crippen molar-refractivity contribution in [1.82, 2.24) is 10.2 Å². The van der Waals surface area contributed by atoms with Crippen molar-refractivity contribution < 1.29 is 19.1 Å². The van der Waals surface area contributed by atoms with E-state index in [1.807, 2.05) is 18.2 Å². The number of carbonyl (C=O) groups excluding carboxylic acids is 3. The molecule has 0 radical (unpaired) electrons. The second-order valence-corrected chi connectivity index (χ2v) is 7.64. The summed E-state index contributed by atoms with van der Waals surface area (Å²) in [5.41, 5.74) is 1.18. The van der Waals surface area contributed by atoms with Crippen molar-refractivity contribution in [3.05, 3.63) is 60.2 Å². The highest BCUT2D eigenvalue weighted by molar-refractivity contribution is 5.98. The highest BCUT2D eigenvalue weighted by Gasteiger charge is 2.28. The number of benzene rings is 2. The Hall–Kier alpha value is -3.35. The Morgan fingerprint density at radius 3 is 2.26 bits per heavy atom. The summed E-state index contributed by atoms with van der Waals surface area (Å²) in [7, 11) is 1.57. The molecule has 7 heteroatoms. The number of hydrogen-bond acceptors (Lipinski definition) is 4. The standard InChI is InChI=1S/C24H29N3O4/c1-31-21-14-12-19(13-15-21)26-22(28)16-25-23(29)17-27(20-10-6-3-7-11-20)24(30)18-8-4-2-5-9-18/h2,4-5,8-9,12-15,20H,3,6-7,10-11,16-17H2,1H3,(H,25,29)(H,26,28). The number of amides is 3. The van der Waals surface area contributed by atoms with Crippen LogP contribution in [0.2, 0.25) is 0 Å². The van der Waals surface area contributed by atoms with E-state index in [2.05, 4.69) is 10.6 Å². The van der Waals surface area contributed by atoms with E-state index in [4.69, 9.17) is 4.74 Å². The van der Waals surface area contributed by atoms with E-state index in [0.29, 0.717) is 17.0 Å². The summed E-state index contributed by atoms with van der Waals surface area (Å²) in [6.07, 6.45) is 5.04. The molecular formula is C24H29N3O4. The fourth-order valence-electron chi connectivity index (χ4n) is 3.78. The monoisotopic (exact) mass is 423 g/mol. The Morgan fingerprint density at radius 1 is 0.935 bits per heavy atom. The first-order valence-electron chi connectivity index (χ1n) is 10.6. The van der Waals surface area contributed by atoms with E-state index in [0.717, 1.165) is 32.1 Å². The molecule has 1 saturated carbocycles. The molecule has 0 spiro atoms. The van der Waals surface area contributed by atoms with Gasteiger partial charge in [0.15, 0.2) is 0 Å². The summed E-state index contributed by atoms with van der Waals surface area (Å²) in [5.74, 6) is -0.139. The minimum absolute atomic E-state index is 0.0420. The van der Waals surface area contributed by atoms with Crippen LogP contribution in [-0.2, 0) is 9.59 Å². The number of rotatable bonds is 8. The molecule has 1 aliphatic rings. The SMILES string of the molecule is COc1ccc(NC(=O)CNC(=O)CN(C(=O)c2ccccc2)C2CCCCC2)cc1. The molecule has 2 aromatic rings. The van der Waals surface area contributed by atoms with Crippen LogP contribution in [0.25, 0.3) is 0 Å². The third-order valence-corrected chi connectivity index (χ3v) is 5.43. The third-order valence-electron chi connectivity index (χ3n) is 5.43. The van der Waals surface area contributed by atoms with Crippen LogP contribution in [0.4, 0.5) is 5.69 Å². The molecule has 2 aromatic carbocycles. The maximum atomic E-state index is 13.1. The Balaban J connectivity index is 1.56. The van der Waals surface area contributed by atoms with Crippen LogP contribution < -0.4 is 15.4 Å². The summed E-state index contributed by atoms with van der Waals surface area (Å²) in [6.45, 7) is -0.225. The van der Waals surface area contributed by atoms with Crippen LogP contribution in [0.1, 0.15) is 42.5 Å². The molecule has 31 heavy (non-hydrogen) atoms. The topological polar surface area (TPSA) is 87.7 Å². The van der Waals surface area contributed by atoms with Gasteiger partial charge >= 0.3 is 0 Å². The third kappa shape index (κ3) is 6.57. The van der Waals surface area contributed by atoms with E-state index in [-0.39, 0.29) is 36.9 Å². The molecule has 2 N–H and O–H groups in total. The first-order valence-corrected chi connectivity index (χ1v) is 10.6. The number of anilines is 1. The summed E-state index contributed by atoms with van der Waals surface area (Å²) in [6, 6.07) is 16.0. The normalized spacial score (nSPS) is 13.8. The van der Waals surface area contributed by atoms with E-state index in [1.165, 1.54) is 0 Å². The van der Waals surface area contributed by atoms with Crippen molar-refractivity contribution >= 4 is 23.4 Å². The number of carbonyl (C=O) groups is 3. The second kappa shape index (κ2) is 11.2. The average molecular weight is 424 g/mol. The fourth-order valence-corrected chi connectivity index (χ4v) is 3.78. The Labute approximate surface area is 182 Å². The highest BCUT2D eigenvalue weighted by Crippen LogP contribution is 2.24. The van der Waals surface area contributed by atoms with Gasteiger partial charge in [0.05, 0.1) is 13.7 Å². The predicted octanol–water partition coefficient (Wildman–Crippen LogP) is 3.23. The molecule has 0 bridgehead atoms. The van der Waals surface area contributed by atoms with Crippen molar-refractivity contribution in [3.8, 4) is 5.75 Å². The van der Waals surface area contributed by atoms with Gasteiger partial charge in [0.1, 0.15) is 12.3 Å². The number of ether oxygens (including phenoxy) is 1. The highest BCUT2D eigenvalue weighted by atomic mass is 16.5. The largest absolute Gasteiger partial charge is 0.497 e. The zero-order valence-corrected chi connectivity index (χ0v) is 17.8. The van der Waals surface area contributed by atoms with Crippen LogP contribution in [-0.4, -0.2) is 48.9 Å². The molecule has 0 unspecified atom stereocenters. The quantitative estimate of drug-likeness (QED) is 0.682. The number of methoxy groups -OCH3 is 1. The molecule has 1 fully saturated rings. The zero-order chi connectivity index (χ0) is 22.1. The predicted molar refractivity (Wildman–Crippen MR) is 119 cm³/mol. The molecule has 3 rings (SSSR count). The van der Waals surface area contributed by atoms with Crippen molar-refractivity contribution in [2.75, 3.05) is 25.5 Å². The van der Waals surface area contributed by atoms with Gasteiger partial charge in [0.25, 0.3) is 5.91 Å². The summed E-state index contributed by atoms with van der Waals surface area (Å²) < 4.78 is 5.09. The molecular weight excluding hydrogens is 394 g/mol. The minimum atomic E-state index is -0.347. The lowest BCUT2D eigenvalue weighted by Gasteiger charge is -2.34. The molecule has 7 nitrogen and oxygen atoms in total. The lowest BCUT2D eigenvalue weighted by atomic mass is 9.93. The minimum Gasteiger partial charge on any atom is -0.497 e. The van der Waals surface area contributed by atoms with Crippen LogP contribution in [0.5, 0.6) is 5.75 Å². The van der Waals surface area contributed by atoms with Crippen LogP contribution in [0.15, 0.2) is 54.6 Å². The van der Waals surface area contributed by atoms with Crippen molar-refractivity contribution in [3.63, 3.8) is 0 Å². The van der Waals surface area contributed by atoms with Crippen molar-refractivity contribution in [2.45, 2.75) is 38.1 Å². The lowest BCUT2D eigenvalue weighted by Crippen LogP contribution is -2.48. The lowest BCUT2D eigenvalue weighted by molar-refractivity contribution is -0.125. The second-order valence-electron chi connectivity index (χ2n) is 7.64. The zero-order valence-electron chi connectivity index (χ0n) is 17.8. The van der Waals surface area contributed by atoms with E-state index < -0.39 is 0 Å².